The van der Waals surface area contributed by atoms with Crippen LogP contribution in [-0.2, 0) is 4.74 Å². The molecular weight excluding hydrogens is 374 g/mol. The van der Waals surface area contributed by atoms with Gasteiger partial charge in [0.25, 0.3) is 0 Å². The summed E-state index contributed by atoms with van der Waals surface area (Å²) in [6.45, 7) is 4.44. The number of hydrogen-bond acceptors (Lipinski definition) is 4. The lowest BCUT2D eigenvalue weighted by molar-refractivity contribution is 0.0418. The molecule has 1 aromatic rings. The fourth-order valence-electron chi connectivity index (χ4n) is 3.20. The van der Waals surface area contributed by atoms with Crippen molar-refractivity contribution < 1.29 is 14.6 Å². The van der Waals surface area contributed by atoms with Crippen molar-refractivity contribution in [2.24, 2.45) is 5.73 Å². The average molecular weight is 416 g/mol. The molecule has 4 nitrogen and oxygen atoms in total. The maximum atomic E-state index is 11.9. The molecule has 0 amide bonds. The number of aliphatic hydroxyl groups excluding tert-OH is 1. The van der Waals surface area contributed by atoms with E-state index < -0.39 is 18.1 Å². The van der Waals surface area contributed by atoms with Crippen LogP contribution in [0.1, 0.15) is 88.4 Å². The highest BCUT2D eigenvalue weighted by atomic mass is 16.5. The molecule has 0 radical (unpaired) electrons. The van der Waals surface area contributed by atoms with Gasteiger partial charge in [0, 0.05) is 0 Å². The van der Waals surface area contributed by atoms with Crippen LogP contribution in [-0.4, -0.2) is 29.8 Å². The fourth-order valence-corrected chi connectivity index (χ4v) is 3.20. The molecule has 0 saturated carbocycles. The predicted molar refractivity (Wildman–Crippen MR) is 125 cm³/mol. The maximum Gasteiger partial charge on any atom is 0.338 e. The minimum Gasteiger partial charge on any atom is -0.460 e. The van der Waals surface area contributed by atoms with Crippen LogP contribution in [0.2, 0.25) is 0 Å². The lowest BCUT2D eigenvalue weighted by Crippen LogP contribution is -2.38. The highest BCUT2D eigenvalue weighted by molar-refractivity contribution is 5.89. The first-order valence-corrected chi connectivity index (χ1v) is 11.5. The molecule has 0 aliphatic carbocycles. The summed E-state index contributed by atoms with van der Waals surface area (Å²) in [5.74, 6) is -0.427. The highest BCUT2D eigenvalue weighted by Gasteiger charge is 2.15. The second kappa shape index (κ2) is 16.8. The van der Waals surface area contributed by atoms with Crippen molar-refractivity contribution in [2.45, 2.75) is 90.2 Å². The van der Waals surface area contributed by atoms with Crippen molar-refractivity contribution in [3.8, 4) is 0 Å². The summed E-state index contributed by atoms with van der Waals surface area (Å²) in [5, 5.41) is 10.1. The van der Waals surface area contributed by atoms with E-state index in [1.807, 2.05) is 12.1 Å². The smallest absolute Gasteiger partial charge is 0.338 e. The molecule has 1 rings (SSSR count). The summed E-state index contributed by atoms with van der Waals surface area (Å²) in [7, 11) is 0. The number of hydrogen-bond donors (Lipinski definition) is 2. The third-order valence-corrected chi connectivity index (χ3v) is 5.19. The Morgan fingerprint density at radius 3 is 2.43 bits per heavy atom. The van der Waals surface area contributed by atoms with Crippen molar-refractivity contribution in [3.05, 3.63) is 59.7 Å². The summed E-state index contributed by atoms with van der Waals surface area (Å²) in [6, 6.07) is 8.13. The molecule has 0 bridgehead atoms. The van der Waals surface area contributed by atoms with Gasteiger partial charge in [0.1, 0.15) is 6.61 Å². The molecule has 1 aromatic carbocycles. The van der Waals surface area contributed by atoms with E-state index in [-0.39, 0.29) is 6.61 Å². The third kappa shape index (κ3) is 12.6. The molecule has 0 fully saturated rings. The van der Waals surface area contributed by atoms with E-state index in [0.29, 0.717) is 5.56 Å². The minimum absolute atomic E-state index is 0.0172. The largest absolute Gasteiger partial charge is 0.460 e. The molecule has 0 heterocycles. The molecule has 2 unspecified atom stereocenters. The van der Waals surface area contributed by atoms with Crippen LogP contribution in [0.3, 0.4) is 0 Å². The molecule has 0 aliphatic rings. The Labute approximate surface area is 183 Å². The van der Waals surface area contributed by atoms with Crippen molar-refractivity contribution in [1.82, 2.24) is 0 Å². The monoisotopic (exact) mass is 415 g/mol. The Kier molecular flexibility index (Phi) is 14.7. The zero-order valence-electron chi connectivity index (χ0n) is 18.9. The zero-order chi connectivity index (χ0) is 22.0. The molecular formula is C26H41NO3. The van der Waals surface area contributed by atoms with Gasteiger partial charge in [-0.15, -0.1) is 0 Å². The standard InChI is InChI=1S/C26H41NO3/c1-3-4-5-6-7-8-11-16-22(2)17-12-9-15-20-25(28)24(27)21-30-26(29)23-18-13-10-14-19-23/h10,13-15,17-20,24-25,28H,3-9,11-12,16,21,27H2,1-2H3/b20-15+,22-17+. The van der Waals surface area contributed by atoms with Gasteiger partial charge in [-0.25, -0.2) is 4.79 Å². The first-order valence-electron chi connectivity index (χ1n) is 11.5. The number of carbonyl (C=O) groups is 1. The van der Waals surface area contributed by atoms with Crippen LogP contribution >= 0.6 is 0 Å². The topological polar surface area (TPSA) is 72.6 Å². The van der Waals surface area contributed by atoms with Gasteiger partial charge in [-0.05, 0) is 44.7 Å². The normalized spacial score (nSPS) is 14.1. The Bertz CT molecular complexity index is 624. The first-order chi connectivity index (χ1) is 14.5. The number of ether oxygens (including phenoxy) is 1. The lowest BCUT2D eigenvalue weighted by atomic mass is 10.0. The molecule has 0 saturated heterocycles. The van der Waals surface area contributed by atoms with E-state index in [1.165, 1.54) is 56.9 Å². The molecule has 0 aromatic heterocycles. The van der Waals surface area contributed by atoms with E-state index in [0.717, 1.165) is 12.8 Å². The summed E-state index contributed by atoms with van der Waals surface area (Å²) in [4.78, 5) is 11.9. The van der Waals surface area contributed by atoms with Gasteiger partial charge in [-0.1, -0.05) is 87.4 Å². The molecule has 168 valence electrons. The van der Waals surface area contributed by atoms with Crippen LogP contribution < -0.4 is 5.73 Å². The summed E-state index contributed by atoms with van der Waals surface area (Å²) >= 11 is 0. The fraction of sp³-hybridized carbons (Fsp3) is 0.577. The number of allylic oxidation sites excluding steroid dienone is 3. The van der Waals surface area contributed by atoms with Gasteiger partial charge in [0.15, 0.2) is 0 Å². The lowest BCUT2D eigenvalue weighted by Gasteiger charge is -2.15. The van der Waals surface area contributed by atoms with Crippen LogP contribution in [0.5, 0.6) is 0 Å². The van der Waals surface area contributed by atoms with Gasteiger partial charge in [0.05, 0.1) is 17.7 Å². The molecule has 0 spiro atoms. The quantitative estimate of drug-likeness (QED) is 0.199. The minimum atomic E-state index is -0.827. The second-order valence-corrected chi connectivity index (χ2v) is 8.05. The number of carbonyl (C=O) groups excluding carboxylic acids is 1. The zero-order valence-corrected chi connectivity index (χ0v) is 18.9. The number of benzene rings is 1. The predicted octanol–water partition coefficient (Wildman–Crippen LogP) is 5.96. The molecule has 0 aliphatic heterocycles. The van der Waals surface area contributed by atoms with E-state index in [1.54, 1.807) is 30.3 Å². The number of unbranched alkanes of at least 4 members (excludes halogenated alkanes) is 7. The Hall–Kier alpha value is -1.91. The maximum absolute atomic E-state index is 11.9. The van der Waals surface area contributed by atoms with Gasteiger partial charge < -0.3 is 15.6 Å². The second-order valence-electron chi connectivity index (χ2n) is 8.05. The molecule has 4 heteroatoms. The summed E-state index contributed by atoms with van der Waals surface area (Å²) in [6.07, 6.45) is 17.5. The first kappa shape index (κ1) is 26.1. The number of nitrogens with two attached hydrogens (primary N) is 1. The van der Waals surface area contributed by atoms with E-state index in [9.17, 15) is 9.90 Å². The SMILES string of the molecule is CCCCCCCCC/C(C)=C/CC/C=C/C(O)C(N)COC(=O)c1ccccc1. The Morgan fingerprint density at radius 2 is 1.73 bits per heavy atom. The third-order valence-electron chi connectivity index (χ3n) is 5.19. The number of aliphatic hydroxyl groups is 1. The van der Waals surface area contributed by atoms with Crippen LogP contribution in [0.15, 0.2) is 54.1 Å². The van der Waals surface area contributed by atoms with E-state index in [2.05, 4.69) is 19.9 Å². The molecule has 2 atom stereocenters. The number of rotatable bonds is 16. The molecule has 3 N–H and O–H groups in total. The summed E-state index contributed by atoms with van der Waals surface area (Å²) in [5.41, 5.74) is 7.85. The van der Waals surface area contributed by atoms with Crippen molar-refractivity contribution in [3.63, 3.8) is 0 Å². The van der Waals surface area contributed by atoms with Crippen LogP contribution in [0.25, 0.3) is 0 Å². The van der Waals surface area contributed by atoms with Gasteiger partial charge in [-0.2, -0.15) is 0 Å². The van der Waals surface area contributed by atoms with Crippen molar-refractivity contribution in [1.29, 1.82) is 0 Å². The number of esters is 1. The van der Waals surface area contributed by atoms with Gasteiger partial charge in [0.2, 0.25) is 0 Å². The van der Waals surface area contributed by atoms with Crippen molar-refractivity contribution >= 4 is 5.97 Å². The Morgan fingerprint density at radius 1 is 1.07 bits per heavy atom. The van der Waals surface area contributed by atoms with E-state index in [4.69, 9.17) is 10.5 Å². The summed E-state index contributed by atoms with van der Waals surface area (Å²) < 4.78 is 5.18. The van der Waals surface area contributed by atoms with E-state index >= 15 is 0 Å². The average Bonchev–Trinajstić information content (AvgIpc) is 2.76. The van der Waals surface area contributed by atoms with Gasteiger partial charge in [-0.3, -0.25) is 0 Å². The highest BCUT2D eigenvalue weighted by Crippen LogP contribution is 2.13. The Balaban J connectivity index is 2.14. The molecule has 30 heavy (non-hydrogen) atoms. The van der Waals surface area contributed by atoms with Crippen LogP contribution in [0, 0.1) is 0 Å². The van der Waals surface area contributed by atoms with Gasteiger partial charge >= 0.3 is 5.97 Å². The van der Waals surface area contributed by atoms with Crippen molar-refractivity contribution in [2.75, 3.05) is 6.61 Å². The van der Waals surface area contributed by atoms with Crippen LogP contribution in [0.4, 0.5) is 0 Å².